The summed E-state index contributed by atoms with van der Waals surface area (Å²) >= 11 is 0. The topological polar surface area (TPSA) is 27.6 Å². The van der Waals surface area contributed by atoms with Gasteiger partial charge in [0.1, 0.15) is 0 Å². The van der Waals surface area contributed by atoms with Crippen molar-refractivity contribution < 1.29 is 44.2 Å². The summed E-state index contributed by atoms with van der Waals surface area (Å²) in [6.07, 6.45) is 28.7. The number of hydrogen-bond donors (Lipinski definition) is 1. The molecule has 0 aromatic carbocycles. The first-order chi connectivity index (χ1) is 14.0. The van der Waals surface area contributed by atoms with Crippen molar-refractivity contribution in [2.75, 3.05) is 34.2 Å². The van der Waals surface area contributed by atoms with Crippen molar-refractivity contribution >= 4 is 0 Å². The average Bonchev–Trinajstić information content (AvgIpc) is 2.68. The molecular formula is C27H62Br2N2. The zero-order chi connectivity index (χ0) is 22.1. The minimum atomic E-state index is 0. The van der Waals surface area contributed by atoms with E-state index in [0.717, 1.165) is 11.0 Å². The Balaban J connectivity index is -0.000000225. The van der Waals surface area contributed by atoms with Crippen LogP contribution in [0.1, 0.15) is 142 Å². The molecule has 0 amide bonds. The van der Waals surface area contributed by atoms with Gasteiger partial charge in [0.15, 0.2) is 0 Å². The zero-order valence-corrected chi connectivity index (χ0v) is 25.6. The first kappa shape index (κ1) is 39.1. The summed E-state index contributed by atoms with van der Waals surface area (Å²) in [7, 11) is 6.86. The van der Waals surface area contributed by atoms with E-state index in [1.165, 1.54) is 135 Å². The summed E-state index contributed by atoms with van der Waals surface area (Å²) in [6, 6.07) is 0. The number of quaternary nitrogens is 2. The summed E-state index contributed by atoms with van der Waals surface area (Å²) in [5, 5.41) is 0. The Hall–Kier alpha value is 0.880. The van der Waals surface area contributed by atoms with Gasteiger partial charge in [0.25, 0.3) is 0 Å². The number of nitrogens with zero attached hydrogens (tertiary/aromatic N) is 1. The molecule has 0 radical (unpaired) electrons. The Morgan fingerprint density at radius 1 is 0.419 bits per heavy atom. The molecule has 3 N–H and O–H groups in total. The molecule has 4 heteroatoms. The highest BCUT2D eigenvalue weighted by Crippen LogP contribution is 2.11. The first-order valence-corrected chi connectivity index (χ1v) is 13.6. The van der Waals surface area contributed by atoms with Gasteiger partial charge in [0.05, 0.1) is 34.2 Å². The van der Waals surface area contributed by atoms with Crippen molar-refractivity contribution in [1.82, 2.24) is 0 Å². The van der Waals surface area contributed by atoms with Gasteiger partial charge in [-0.1, -0.05) is 117 Å². The maximum atomic E-state index is 3.85. The number of halogens is 2. The predicted octanol–water partition coefficient (Wildman–Crippen LogP) is 1.77. The van der Waals surface area contributed by atoms with E-state index in [1.54, 1.807) is 0 Å². The fourth-order valence-electron chi connectivity index (χ4n) is 3.74. The Bertz CT molecular complexity index is 271. The van der Waals surface area contributed by atoms with E-state index in [4.69, 9.17) is 0 Å². The lowest BCUT2D eigenvalue weighted by Crippen LogP contribution is -3.00. The van der Waals surface area contributed by atoms with Crippen LogP contribution in [-0.2, 0) is 0 Å². The minimum Gasteiger partial charge on any atom is -1.00 e. The number of unbranched alkanes of at least 4 members (excludes halogenated alkanes) is 18. The lowest BCUT2D eigenvalue weighted by Gasteiger charge is -2.23. The third kappa shape index (κ3) is 45.2. The highest BCUT2D eigenvalue weighted by atomic mass is 79.9. The van der Waals surface area contributed by atoms with Crippen LogP contribution in [0.15, 0.2) is 0 Å². The Kier molecular flexibility index (Phi) is 41.7. The molecule has 0 saturated carbocycles. The van der Waals surface area contributed by atoms with Crippen LogP contribution in [0.2, 0.25) is 0 Å². The molecule has 0 aliphatic carbocycles. The minimum absolute atomic E-state index is 0. The van der Waals surface area contributed by atoms with Crippen molar-refractivity contribution in [2.24, 2.45) is 0 Å². The Morgan fingerprint density at radius 2 is 0.677 bits per heavy atom. The highest BCUT2D eigenvalue weighted by molar-refractivity contribution is 4.48. The van der Waals surface area contributed by atoms with Crippen molar-refractivity contribution in [3.63, 3.8) is 0 Å². The molecule has 2 nitrogen and oxygen atoms in total. The Labute approximate surface area is 220 Å². The van der Waals surface area contributed by atoms with E-state index in [2.05, 4.69) is 40.7 Å². The molecule has 194 valence electrons. The molecule has 0 aliphatic rings. The van der Waals surface area contributed by atoms with Gasteiger partial charge in [-0.2, -0.15) is 0 Å². The second-order valence-corrected chi connectivity index (χ2v) is 10.2. The molecule has 31 heavy (non-hydrogen) atoms. The normalized spacial score (nSPS) is 10.6. The summed E-state index contributed by atoms with van der Waals surface area (Å²) < 4.78 is 1.12. The van der Waals surface area contributed by atoms with E-state index in [0.29, 0.717) is 0 Å². The molecule has 0 spiro atoms. The number of rotatable bonds is 21. The smallest absolute Gasteiger partial charge is 0.0780 e. The maximum Gasteiger partial charge on any atom is 0.0780 e. The molecular weight excluding hydrogens is 512 g/mol. The largest absolute Gasteiger partial charge is 1.00 e. The SMILES string of the molecule is CCCCCCCCCCCC[N+](C)(C)C.CCCCCCCCCCCC[NH3+].[Br-].[Br-]. The molecule has 0 aromatic heterocycles. The van der Waals surface area contributed by atoms with Crippen LogP contribution in [0.3, 0.4) is 0 Å². The second-order valence-electron chi connectivity index (χ2n) is 10.2. The van der Waals surface area contributed by atoms with Crippen molar-refractivity contribution in [2.45, 2.75) is 142 Å². The first-order valence-electron chi connectivity index (χ1n) is 13.6. The molecule has 0 bridgehead atoms. The van der Waals surface area contributed by atoms with E-state index in [9.17, 15) is 0 Å². The molecule has 0 saturated heterocycles. The van der Waals surface area contributed by atoms with Crippen LogP contribution in [0.5, 0.6) is 0 Å². The summed E-state index contributed by atoms with van der Waals surface area (Å²) in [5.41, 5.74) is 3.85. The van der Waals surface area contributed by atoms with Crippen molar-refractivity contribution in [1.29, 1.82) is 0 Å². The predicted molar refractivity (Wildman–Crippen MR) is 134 cm³/mol. The van der Waals surface area contributed by atoms with Crippen LogP contribution in [-0.4, -0.2) is 38.7 Å². The fourth-order valence-corrected chi connectivity index (χ4v) is 3.74. The highest BCUT2D eigenvalue weighted by Gasteiger charge is 2.04. The number of hydrogen-bond acceptors (Lipinski definition) is 0. The molecule has 0 heterocycles. The third-order valence-electron chi connectivity index (χ3n) is 5.79. The Morgan fingerprint density at radius 3 is 0.935 bits per heavy atom. The summed E-state index contributed by atoms with van der Waals surface area (Å²) in [4.78, 5) is 0. The fraction of sp³-hybridized carbons (Fsp3) is 1.00. The van der Waals surface area contributed by atoms with Gasteiger partial charge >= 0.3 is 0 Å². The monoisotopic (exact) mass is 572 g/mol. The van der Waals surface area contributed by atoms with Gasteiger partial charge in [-0.05, 0) is 25.7 Å². The second kappa shape index (κ2) is 33.1. The quantitative estimate of drug-likeness (QED) is 0.160. The van der Waals surface area contributed by atoms with Gasteiger partial charge in [-0.15, -0.1) is 0 Å². The van der Waals surface area contributed by atoms with Gasteiger partial charge in [0.2, 0.25) is 0 Å². The van der Waals surface area contributed by atoms with Crippen LogP contribution in [0.25, 0.3) is 0 Å². The van der Waals surface area contributed by atoms with Gasteiger partial charge < -0.3 is 44.2 Å². The molecule has 0 rings (SSSR count). The van der Waals surface area contributed by atoms with Gasteiger partial charge in [0, 0.05) is 0 Å². The van der Waals surface area contributed by atoms with Crippen LogP contribution in [0, 0.1) is 0 Å². The lowest BCUT2D eigenvalue weighted by atomic mass is 10.1. The summed E-state index contributed by atoms with van der Waals surface area (Å²) in [5.74, 6) is 0. The van der Waals surface area contributed by atoms with E-state index in [1.807, 2.05) is 0 Å². The molecule has 0 atom stereocenters. The average molecular weight is 575 g/mol. The van der Waals surface area contributed by atoms with E-state index >= 15 is 0 Å². The summed E-state index contributed by atoms with van der Waals surface area (Å²) in [6.45, 7) is 7.01. The van der Waals surface area contributed by atoms with Crippen molar-refractivity contribution in [3.05, 3.63) is 0 Å². The third-order valence-corrected chi connectivity index (χ3v) is 5.79. The zero-order valence-electron chi connectivity index (χ0n) is 22.5. The molecule has 0 aliphatic heterocycles. The van der Waals surface area contributed by atoms with Gasteiger partial charge in [-0.25, -0.2) is 0 Å². The van der Waals surface area contributed by atoms with E-state index < -0.39 is 0 Å². The van der Waals surface area contributed by atoms with Gasteiger partial charge in [-0.3, -0.25) is 0 Å². The maximum absolute atomic E-state index is 3.85. The van der Waals surface area contributed by atoms with Crippen LogP contribution in [0.4, 0.5) is 0 Å². The lowest BCUT2D eigenvalue weighted by molar-refractivity contribution is -0.870. The molecule has 0 unspecified atom stereocenters. The molecule has 0 fully saturated rings. The van der Waals surface area contributed by atoms with E-state index in [-0.39, 0.29) is 34.0 Å². The van der Waals surface area contributed by atoms with Crippen LogP contribution < -0.4 is 39.7 Å². The molecule has 0 aromatic rings. The van der Waals surface area contributed by atoms with Crippen LogP contribution >= 0.6 is 0 Å². The standard InChI is InChI=1S/C15H34N.C12H27N.2BrH/c1-5-6-7-8-9-10-11-12-13-14-15-16(2,3)4;1-2-3-4-5-6-7-8-9-10-11-12-13;;/h5-15H2,1-4H3;2-13H2,1H3;2*1H/q+1;;;/p-1. The van der Waals surface area contributed by atoms with Crippen molar-refractivity contribution in [3.8, 4) is 0 Å².